The monoisotopic (exact) mass is 289 g/mol. The van der Waals surface area contributed by atoms with Crippen molar-refractivity contribution >= 4 is 39.1 Å². The topological polar surface area (TPSA) is 20.3 Å². The zero-order chi connectivity index (χ0) is 11.4. The number of carbonyl (C=O) groups excluding carboxylic acids is 1. The first-order valence-electron chi connectivity index (χ1n) is 4.60. The second-order valence-corrected chi connectivity index (χ2v) is 4.12. The smallest absolute Gasteiger partial charge is 0.238 e. The molecule has 0 unspecified atom stereocenters. The third-order valence-corrected chi connectivity index (χ3v) is 2.96. The molecular weight excluding hydrogens is 277 g/mol. The highest BCUT2D eigenvalue weighted by atomic mass is 79.9. The normalized spacial score (nSPS) is 10.1. The molecular formula is C11H13BrClNO. The molecule has 0 saturated carbocycles. The van der Waals surface area contributed by atoms with Crippen LogP contribution in [0.15, 0.2) is 18.2 Å². The molecule has 0 saturated heterocycles. The lowest BCUT2D eigenvalue weighted by Crippen LogP contribution is -2.31. The zero-order valence-electron chi connectivity index (χ0n) is 8.76. The maximum Gasteiger partial charge on any atom is 0.238 e. The summed E-state index contributed by atoms with van der Waals surface area (Å²) in [5.74, 6) is -0.0256. The molecule has 1 amide bonds. The minimum absolute atomic E-state index is 0.0256. The SMILES string of the molecule is Cc1cccc(C)c1N(CCl)C(=O)CBr. The first-order chi connectivity index (χ1) is 7.11. The van der Waals surface area contributed by atoms with E-state index in [0.29, 0.717) is 0 Å². The summed E-state index contributed by atoms with van der Waals surface area (Å²) in [7, 11) is 0. The van der Waals surface area contributed by atoms with E-state index in [-0.39, 0.29) is 17.2 Å². The average Bonchev–Trinajstić information content (AvgIpc) is 2.22. The van der Waals surface area contributed by atoms with Crippen molar-refractivity contribution in [3.05, 3.63) is 29.3 Å². The zero-order valence-corrected chi connectivity index (χ0v) is 11.1. The molecule has 0 fully saturated rings. The van der Waals surface area contributed by atoms with Gasteiger partial charge in [-0.1, -0.05) is 34.1 Å². The first kappa shape index (κ1) is 12.5. The van der Waals surface area contributed by atoms with Gasteiger partial charge in [-0.3, -0.25) is 9.69 Å². The maximum absolute atomic E-state index is 11.6. The van der Waals surface area contributed by atoms with E-state index in [1.807, 2.05) is 32.0 Å². The summed E-state index contributed by atoms with van der Waals surface area (Å²) >= 11 is 8.96. The van der Waals surface area contributed by atoms with Crippen molar-refractivity contribution in [2.24, 2.45) is 0 Å². The van der Waals surface area contributed by atoms with Crippen molar-refractivity contribution < 1.29 is 4.79 Å². The number of rotatable bonds is 3. The van der Waals surface area contributed by atoms with Crippen LogP contribution in [0.1, 0.15) is 11.1 Å². The van der Waals surface area contributed by atoms with Crippen molar-refractivity contribution in [2.45, 2.75) is 13.8 Å². The Hall–Kier alpha value is -0.540. The molecule has 1 aromatic carbocycles. The second-order valence-electron chi connectivity index (χ2n) is 3.32. The fraction of sp³-hybridized carbons (Fsp3) is 0.364. The third-order valence-electron chi connectivity index (χ3n) is 2.24. The molecule has 2 nitrogen and oxygen atoms in total. The number of halogens is 2. The summed E-state index contributed by atoms with van der Waals surface area (Å²) in [6.07, 6.45) is 0. The Balaban J connectivity index is 3.17. The molecule has 1 rings (SSSR count). The van der Waals surface area contributed by atoms with Gasteiger partial charge in [0.25, 0.3) is 0 Å². The molecule has 15 heavy (non-hydrogen) atoms. The summed E-state index contributed by atoms with van der Waals surface area (Å²) in [6.45, 7) is 3.95. The Morgan fingerprint density at radius 2 is 1.93 bits per heavy atom. The van der Waals surface area contributed by atoms with Gasteiger partial charge in [-0.05, 0) is 25.0 Å². The number of para-hydroxylation sites is 1. The standard InChI is InChI=1S/C11H13BrClNO/c1-8-4-3-5-9(2)11(8)14(7-13)10(15)6-12/h3-5H,6-7H2,1-2H3. The third kappa shape index (κ3) is 2.73. The van der Waals surface area contributed by atoms with Crippen LogP contribution in [-0.4, -0.2) is 17.2 Å². The summed E-state index contributed by atoms with van der Waals surface area (Å²) < 4.78 is 0. The Kier molecular flexibility index (Phi) is 4.61. The number of amides is 1. The minimum atomic E-state index is -0.0256. The van der Waals surface area contributed by atoms with E-state index in [0.717, 1.165) is 16.8 Å². The van der Waals surface area contributed by atoms with E-state index in [4.69, 9.17) is 11.6 Å². The van der Waals surface area contributed by atoms with Crippen LogP contribution in [0.3, 0.4) is 0 Å². The van der Waals surface area contributed by atoms with Gasteiger partial charge in [0.15, 0.2) is 0 Å². The van der Waals surface area contributed by atoms with Gasteiger partial charge in [0.2, 0.25) is 5.91 Å². The molecule has 0 radical (unpaired) electrons. The van der Waals surface area contributed by atoms with Gasteiger partial charge in [-0.2, -0.15) is 0 Å². The van der Waals surface area contributed by atoms with E-state index in [1.165, 1.54) is 0 Å². The predicted octanol–water partition coefficient (Wildman–Crippen LogP) is 3.23. The van der Waals surface area contributed by atoms with E-state index in [9.17, 15) is 4.79 Å². The van der Waals surface area contributed by atoms with E-state index in [2.05, 4.69) is 15.9 Å². The van der Waals surface area contributed by atoms with Gasteiger partial charge in [0.1, 0.15) is 6.00 Å². The number of hydrogen-bond donors (Lipinski definition) is 0. The Morgan fingerprint density at radius 3 is 2.33 bits per heavy atom. The average molecular weight is 291 g/mol. The van der Waals surface area contributed by atoms with Crippen molar-refractivity contribution in [3.63, 3.8) is 0 Å². The second kappa shape index (κ2) is 5.52. The number of nitrogens with zero attached hydrogens (tertiary/aromatic N) is 1. The van der Waals surface area contributed by atoms with Crippen LogP contribution in [0.4, 0.5) is 5.69 Å². The van der Waals surface area contributed by atoms with Crippen LogP contribution in [0.25, 0.3) is 0 Å². The highest BCUT2D eigenvalue weighted by molar-refractivity contribution is 9.09. The minimum Gasteiger partial charge on any atom is -0.297 e. The van der Waals surface area contributed by atoms with Crippen LogP contribution in [0.2, 0.25) is 0 Å². The molecule has 0 heterocycles. The maximum atomic E-state index is 11.6. The molecule has 0 bridgehead atoms. The lowest BCUT2D eigenvalue weighted by molar-refractivity contribution is -0.115. The van der Waals surface area contributed by atoms with E-state index >= 15 is 0 Å². The van der Waals surface area contributed by atoms with Crippen molar-refractivity contribution in [3.8, 4) is 0 Å². The lowest BCUT2D eigenvalue weighted by Gasteiger charge is -2.23. The summed E-state index contributed by atoms with van der Waals surface area (Å²) in [4.78, 5) is 13.2. The molecule has 0 aromatic heterocycles. The molecule has 1 aromatic rings. The Bertz CT molecular complexity index is 347. The molecule has 0 spiro atoms. The quantitative estimate of drug-likeness (QED) is 0.618. The highest BCUT2D eigenvalue weighted by Gasteiger charge is 2.16. The van der Waals surface area contributed by atoms with Gasteiger partial charge < -0.3 is 0 Å². The van der Waals surface area contributed by atoms with Gasteiger partial charge in [0.05, 0.1) is 11.0 Å². The van der Waals surface area contributed by atoms with Crippen molar-refractivity contribution in [1.29, 1.82) is 0 Å². The lowest BCUT2D eigenvalue weighted by atomic mass is 10.1. The first-order valence-corrected chi connectivity index (χ1v) is 6.26. The Morgan fingerprint density at radius 1 is 1.40 bits per heavy atom. The van der Waals surface area contributed by atoms with Crippen molar-refractivity contribution in [2.75, 3.05) is 16.2 Å². The van der Waals surface area contributed by atoms with E-state index in [1.54, 1.807) is 4.90 Å². The molecule has 0 aliphatic rings. The number of anilines is 1. The Labute approximate surface area is 103 Å². The number of benzene rings is 1. The number of alkyl halides is 2. The number of aryl methyl sites for hydroxylation is 2. The van der Waals surface area contributed by atoms with Crippen LogP contribution >= 0.6 is 27.5 Å². The van der Waals surface area contributed by atoms with Gasteiger partial charge >= 0.3 is 0 Å². The molecule has 0 atom stereocenters. The van der Waals surface area contributed by atoms with Crippen molar-refractivity contribution in [1.82, 2.24) is 0 Å². The van der Waals surface area contributed by atoms with Gasteiger partial charge in [-0.25, -0.2) is 0 Å². The summed E-state index contributed by atoms with van der Waals surface area (Å²) in [6, 6.07) is 6.10. The fourth-order valence-corrected chi connectivity index (χ4v) is 2.11. The van der Waals surface area contributed by atoms with Crippen LogP contribution < -0.4 is 4.90 Å². The molecule has 0 N–H and O–H groups in total. The van der Waals surface area contributed by atoms with Gasteiger partial charge in [-0.15, -0.1) is 11.6 Å². The summed E-state index contributed by atoms with van der Waals surface area (Å²) in [5, 5.41) is 0.285. The molecule has 0 aliphatic carbocycles. The van der Waals surface area contributed by atoms with Crippen LogP contribution in [0, 0.1) is 13.8 Å². The highest BCUT2D eigenvalue weighted by Crippen LogP contribution is 2.25. The molecule has 82 valence electrons. The van der Waals surface area contributed by atoms with Crippen LogP contribution in [-0.2, 0) is 4.79 Å². The van der Waals surface area contributed by atoms with Crippen LogP contribution in [0.5, 0.6) is 0 Å². The molecule has 0 aliphatic heterocycles. The van der Waals surface area contributed by atoms with Gasteiger partial charge in [0, 0.05) is 0 Å². The largest absolute Gasteiger partial charge is 0.297 e. The predicted molar refractivity (Wildman–Crippen MR) is 67.9 cm³/mol. The number of hydrogen-bond acceptors (Lipinski definition) is 1. The van der Waals surface area contributed by atoms with E-state index < -0.39 is 0 Å². The molecule has 4 heteroatoms. The fourth-order valence-electron chi connectivity index (χ4n) is 1.55. The summed E-state index contributed by atoms with van der Waals surface area (Å²) in [5.41, 5.74) is 3.03. The number of carbonyl (C=O) groups is 1.